The van der Waals surface area contributed by atoms with Gasteiger partial charge in [0, 0.05) is 12.6 Å². The first kappa shape index (κ1) is 12.2. The predicted molar refractivity (Wildman–Crippen MR) is 57.0 cm³/mol. The Kier molecular flexibility index (Phi) is 4.02. The number of carboxylic acid groups (broad SMARTS) is 1. The van der Waals surface area contributed by atoms with Crippen molar-refractivity contribution in [2.24, 2.45) is 0 Å². The van der Waals surface area contributed by atoms with Crippen molar-refractivity contribution in [2.45, 2.75) is 6.04 Å². The van der Waals surface area contributed by atoms with Gasteiger partial charge in [0.25, 0.3) is 5.91 Å². The summed E-state index contributed by atoms with van der Waals surface area (Å²) in [6.07, 6.45) is 0. The van der Waals surface area contributed by atoms with Crippen LogP contribution in [-0.2, 0) is 4.79 Å². The number of hydrogen-bond donors (Lipinski definition) is 2. The van der Waals surface area contributed by atoms with E-state index in [0.29, 0.717) is 5.56 Å². The molecule has 1 rings (SSSR count). The molecule has 0 saturated carbocycles. The number of rotatable bonds is 4. The van der Waals surface area contributed by atoms with Crippen molar-refractivity contribution in [3.63, 3.8) is 0 Å². The maximum absolute atomic E-state index is 11.8. The normalized spacial score (nSPS) is 11.9. The van der Waals surface area contributed by atoms with Crippen LogP contribution in [0.4, 0.5) is 0 Å². The van der Waals surface area contributed by atoms with Gasteiger partial charge in [0.2, 0.25) is 0 Å². The Morgan fingerprint density at radius 3 is 2.31 bits per heavy atom. The minimum Gasteiger partial charge on any atom is -0.480 e. The minimum atomic E-state index is -1.23. The Labute approximate surface area is 92.9 Å². The molecule has 1 aromatic rings. The molecule has 0 aromatic heterocycles. The number of aliphatic carboxylic acids is 1. The average molecular weight is 223 g/mol. The summed E-state index contributed by atoms with van der Waals surface area (Å²) in [5.41, 5.74) is 0.393. The Hall–Kier alpha value is -1.88. The molecule has 0 bridgehead atoms. The van der Waals surface area contributed by atoms with E-state index in [1.807, 2.05) is 0 Å². The zero-order chi connectivity index (χ0) is 12.1. The molecule has 1 aromatic carbocycles. The molecule has 0 saturated heterocycles. The summed E-state index contributed by atoms with van der Waals surface area (Å²) in [5, 5.41) is 17.7. The fraction of sp³-hybridized carbons (Fsp3) is 0.273. The predicted octanol–water partition coefficient (Wildman–Crippen LogP) is 0.204. The number of aliphatic hydroxyl groups excluding tert-OH is 1. The Bertz CT molecular complexity index is 377. The average Bonchev–Trinajstić information content (AvgIpc) is 2.29. The van der Waals surface area contributed by atoms with Gasteiger partial charge in [-0.15, -0.1) is 0 Å². The fourth-order valence-electron chi connectivity index (χ4n) is 1.29. The van der Waals surface area contributed by atoms with E-state index >= 15 is 0 Å². The highest BCUT2D eigenvalue weighted by atomic mass is 16.4. The van der Waals surface area contributed by atoms with Crippen LogP contribution in [0.2, 0.25) is 0 Å². The van der Waals surface area contributed by atoms with Gasteiger partial charge in [-0.3, -0.25) is 4.79 Å². The molecule has 0 radical (unpaired) electrons. The largest absolute Gasteiger partial charge is 0.480 e. The topological polar surface area (TPSA) is 77.8 Å². The standard InChI is InChI=1S/C11H13NO4/c1-12(9(7-13)11(15)16)10(14)8-5-3-2-4-6-8/h2-6,9,13H,7H2,1H3,(H,15,16)/t9-/m1/s1. The van der Waals surface area contributed by atoms with Crippen molar-refractivity contribution in [2.75, 3.05) is 13.7 Å². The van der Waals surface area contributed by atoms with Gasteiger partial charge < -0.3 is 15.1 Å². The molecule has 0 spiro atoms. The number of carbonyl (C=O) groups is 2. The molecule has 86 valence electrons. The lowest BCUT2D eigenvalue weighted by Gasteiger charge is -2.23. The summed E-state index contributed by atoms with van der Waals surface area (Å²) in [5.74, 6) is -1.66. The van der Waals surface area contributed by atoms with Crippen molar-refractivity contribution in [1.82, 2.24) is 4.90 Å². The molecule has 0 heterocycles. The molecule has 1 amide bonds. The zero-order valence-corrected chi connectivity index (χ0v) is 8.83. The van der Waals surface area contributed by atoms with Crippen molar-refractivity contribution in [3.05, 3.63) is 35.9 Å². The van der Waals surface area contributed by atoms with E-state index in [4.69, 9.17) is 10.2 Å². The molecule has 0 aliphatic carbocycles. The molecule has 0 aliphatic rings. The van der Waals surface area contributed by atoms with Crippen LogP contribution in [-0.4, -0.2) is 46.7 Å². The third-order valence-electron chi connectivity index (χ3n) is 2.27. The van der Waals surface area contributed by atoms with Crippen LogP contribution in [0.15, 0.2) is 30.3 Å². The molecule has 1 atom stereocenters. The monoisotopic (exact) mass is 223 g/mol. The van der Waals surface area contributed by atoms with E-state index in [-0.39, 0.29) is 0 Å². The van der Waals surface area contributed by atoms with Crippen molar-refractivity contribution < 1.29 is 19.8 Å². The molecule has 16 heavy (non-hydrogen) atoms. The van der Waals surface area contributed by atoms with E-state index in [9.17, 15) is 9.59 Å². The highest BCUT2D eigenvalue weighted by molar-refractivity contribution is 5.96. The van der Waals surface area contributed by atoms with Gasteiger partial charge in [0.1, 0.15) is 0 Å². The minimum absolute atomic E-state index is 0.393. The number of nitrogens with zero attached hydrogens (tertiary/aromatic N) is 1. The summed E-state index contributed by atoms with van der Waals surface area (Å²) in [4.78, 5) is 23.6. The third-order valence-corrected chi connectivity index (χ3v) is 2.27. The molecular weight excluding hydrogens is 210 g/mol. The molecule has 5 heteroatoms. The van der Waals surface area contributed by atoms with Crippen molar-refractivity contribution in [3.8, 4) is 0 Å². The van der Waals surface area contributed by atoms with E-state index in [1.54, 1.807) is 30.3 Å². The SMILES string of the molecule is CN(C(=O)c1ccccc1)[C@H](CO)C(=O)O. The quantitative estimate of drug-likeness (QED) is 0.764. The van der Waals surface area contributed by atoms with Crippen LogP contribution in [0.5, 0.6) is 0 Å². The van der Waals surface area contributed by atoms with Gasteiger partial charge in [-0.05, 0) is 12.1 Å². The molecular formula is C11H13NO4. The number of hydrogen-bond acceptors (Lipinski definition) is 3. The van der Waals surface area contributed by atoms with E-state index < -0.39 is 24.5 Å². The smallest absolute Gasteiger partial charge is 0.328 e. The van der Waals surface area contributed by atoms with E-state index in [1.165, 1.54) is 7.05 Å². The second kappa shape index (κ2) is 5.27. The first-order valence-electron chi connectivity index (χ1n) is 4.73. The van der Waals surface area contributed by atoms with Crippen molar-refractivity contribution >= 4 is 11.9 Å². The molecule has 0 unspecified atom stereocenters. The summed E-state index contributed by atoms with van der Waals surface area (Å²) in [7, 11) is 1.35. The highest BCUT2D eigenvalue weighted by Crippen LogP contribution is 2.06. The lowest BCUT2D eigenvalue weighted by Crippen LogP contribution is -2.44. The Morgan fingerprint density at radius 1 is 1.31 bits per heavy atom. The Morgan fingerprint density at radius 2 is 1.88 bits per heavy atom. The number of carboxylic acids is 1. The number of amides is 1. The number of carbonyl (C=O) groups excluding carboxylic acids is 1. The van der Waals surface area contributed by atoms with Crippen LogP contribution in [0.3, 0.4) is 0 Å². The van der Waals surface area contributed by atoms with Gasteiger partial charge in [-0.2, -0.15) is 0 Å². The van der Waals surface area contributed by atoms with Crippen LogP contribution >= 0.6 is 0 Å². The fourth-order valence-corrected chi connectivity index (χ4v) is 1.29. The number of likely N-dealkylation sites (N-methyl/N-ethyl adjacent to an activating group) is 1. The van der Waals surface area contributed by atoms with Gasteiger partial charge in [0.15, 0.2) is 6.04 Å². The second-order valence-corrected chi connectivity index (χ2v) is 3.32. The van der Waals surface area contributed by atoms with Crippen molar-refractivity contribution in [1.29, 1.82) is 0 Å². The number of aliphatic hydroxyl groups is 1. The van der Waals surface area contributed by atoms with Crippen LogP contribution in [0.1, 0.15) is 10.4 Å². The van der Waals surface area contributed by atoms with Gasteiger partial charge in [0.05, 0.1) is 6.61 Å². The summed E-state index contributed by atoms with van der Waals surface area (Å²) < 4.78 is 0. The number of benzene rings is 1. The summed E-state index contributed by atoms with van der Waals surface area (Å²) >= 11 is 0. The zero-order valence-electron chi connectivity index (χ0n) is 8.83. The van der Waals surface area contributed by atoms with Crippen LogP contribution in [0, 0.1) is 0 Å². The summed E-state index contributed by atoms with van der Waals surface area (Å²) in [6.45, 7) is -0.607. The molecule has 5 nitrogen and oxygen atoms in total. The first-order chi connectivity index (χ1) is 7.57. The maximum Gasteiger partial charge on any atom is 0.328 e. The molecule has 0 fully saturated rings. The first-order valence-corrected chi connectivity index (χ1v) is 4.73. The van der Waals surface area contributed by atoms with Gasteiger partial charge >= 0.3 is 5.97 Å². The third kappa shape index (κ3) is 2.58. The lowest BCUT2D eigenvalue weighted by molar-refractivity contribution is -0.143. The Balaban J connectivity index is 2.86. The van der Waals surface area contributed by atoms with E-state index in [0.717, 1.165) is 4.90 Å². The molecule has 2 N–H and O–H groups in total. The molecule has 0 aliphatic heterocycles. The van der Waals surface area contributed by atoms with Gasteiger partial charge in [-0.25, -0.2) is 4.79 Å². The van der Waals surface area contributed by atoms with Gasteiger partial charge in [-0.1, -0.05) is 18.2 Å². The lowest BCUT2D eigenvalue weighted by atomic mass is 10.1. The summed E-state index contributed by atoms with van der Waals surface area (Å²) in [6, 6.07) is 7.11. The second-order valence-electron chi connectivity index (χ2n) is 3.32. The van der Waals surface area contributed by atoms with E-state index in [2.05, 4.69) is 0 Å². The van der Waals surface area contributed by atoms with Crippen LogP contribution < -0.4 is 0 Å². The van der Waals surface area contributed by atoms with Crippen LogP contribution in [0.25, 0.3) is 0 Å². The highest BCUT2D eigenvalue weighted by Gasteiger charge is 2.26. The maximum atomic E-state index is 11.8.